The molecule has 21 heavy (non-hydrogen) atoms. The highest BCUT2D eigenvalue weighted by Crippen LogP contribution is 2.23. The third-order valence-corrected chi connectivity index (χ3v) is 4.68. The van der Waals surface area contributed by atoms with Crippen molar-refractivity contribution in [3.63, 3.8) is 0 Å². The first kappa shape index (κ1) is 16.8. The summed E-state index contributed by atoms with van der Waals surface area (Å²) in [6, 6.07) is 0.638. The van der Waals surface area contributed by atoms with E-state index in [1.165, 1.54) is 25.0 Å². The number of rotatable bonds is 8. The van der Waals surface area contributed by atoms with Crippen LogP contribution in [-0.2, 0) is 19.5 Å². The molecule has 0 bridgehead atoms. The Morgan fingerprint density at radius 1 is 1.38 bits per heavy atom. The quantitative estimate of drug-likeness (QED) is 0.801. The Balaban J connectivity index is 2.09. The number of aromatic nitrogens is 2. The van der Waals surface area contributed by atoms with Crippen molar-refractivity contribution in [1.29, 1.82) is 0 Å². The minimum absolute atomic E-state index is 0.638. The molecule has 1 atom stereocenters. The number of aryl methyl sites for hydroxylation is 2. The molecule has 0 saturated carbocycles. The fraction of sp³-hybridized carbons (Fsp3) is 0.812. The van der Waals surface area contributed by atoms with Gasteiger partial charge in [0, 0.05) is 25.7 Å². The summed E-state index contributed by atoms with van der Waals surface area (Å²) in [6.07, 6.45) is 4.67. The molecule has 1 unspecified atom stereocenters. The molecule has 5 heteroatoms. The first-order chi connectivity index (χ1) is 10.2. The predicted molar refractivity (Wildman–Crippen MR) is 88.9 cm³/mol. The lowest BCUT2D eigenvalue weighted by Gasteiger charge is -2.25. The lowest BCUT2D eigenvalue weighted by atomic mass is 10.2. The van der Waals surface area contributed by atoms with Gasteiger partial charge in [-0.15, -0.1) is 0 Å². The van der Waals surface area contributed by atoms with Gasteiger partial charge in [0.25, 0.3) is 0 Å². The summed E-state index contributed by atoms with van der Waals surface area (Å²) in [5.74, 6) is 0. The molecule has 1 aliphatic rings. The molecule has 0 aliphatic carbocycles. The van der Waals surface area contributed by atoms with E-state index in [9.17, 15) is 0 Å². The van der Waals surface area contributed by atoms with Gasteiger partial charge < -0.3 is 5.32 Å². The van der Waals surface area contributed by atoms with E-state index in [0.717, 1.165) is 49.9 Å². The van der Waals surface area contributed by atoms with Crippen LogP contribution in [0.2, 0.25) is 5.02 Å². The molecule has 1 aromatic heterocycles. The topological polar surface area (TPSA) is 33.1 Å². The van der Waals surface area contributed by atoms with Gasteiger partial charge in [-0.1, -0.05) is 25.4 Å². The molecule has 1 fully saturated rings. The van der Waals surface area contributed by atoms with Crippen molar-refractivity contribution in [2.75, 3.05) is 19.6 Å². The Labute approximate surface area is 133 Å². The highest BCUT2D eigenvalue weighted by atomic mass is 35.5. The second kappa shape index (κ2) is 8.16. The number of halogens is 1. The maximum absolute atomic E-state index is 6.54. The minimum Gasteiger partial charge on any atom is -0.313 e. The summed E-state index contributed by atoms with van der Waals surface area (Å²) in [6.45, 7) is 11.7. The van der Waals surface area contributed by atoms with Crippen LogP contribution < -0.4 is 5.32 Å². The first-order valence-corrected chi connectivity index (χ1v) is 8.77. The summed E-state index contributed by atoms with van der Waals surface area (Å²) < 4.78 is 2.08. The Kier molecular flexibility index (Phi) is 6.52. The molecule has 120 valence electrons. The maximum Gasteiger partial charge on any atom is 0.0863 e. The van der Waals surface area contributed by atoms with E-state index in [0.29, 0.717) is 6.04 Å². The summed E-state index contributed by atoms with van der Waals surface area (Å²) in [4.78, 5) is 2.53. The Morgan fingerprint density at radius 3 is 2.76 bits per heavy atom. The van der Waals surface area contributed by atoms with Gasteiger partial charge in [0.1, 0.15) is 0 Å². The summed E-state index contributed by atoms with van der Waals surface area (Å²) in [5.41, 5.74) is 2.21. The van der Waals surface area contributed by atoms with Crippen molar-refractivity contribution in [2.45, 2.75) is 65.6 Å². The highest BCUT2D eigenvalue weighted by molar-refractivity contribution is 6.31. The van der Waals surface area contributed by atoms with Crippen molar-refractivity contribution in [2.24, 2.45) is 0 Å². The second-order valence-corrected chi connectivity index (χ2v) is 6.28. The van der Waals surface area contributed by atoms with Crippen LogP contribution in [0.4, 0.5) is 0 Å². The third-order valence-electron chi connectivity index (χ3n) is 4.25. The third kappa shape index (κ3) is 4.21. The summed E-state index contributed by atoms with van der Waals surface area (Å²) >= 11 is 6.54. The van der Waals surface area contributed by atoms with Crippen LogP contribution >= 0.6 is 11.6 Å². The normalized spacial score (nSPS) is 18.8. The minimum atomic E-state index is 0.638. The van der Waals surface area contributed by atoms with Gasteiger partial charge in [-0.2, -0.15) is 5.10 Å². The Bertz CT molecular complexity index is 438. The van der Waals surface area contributed by atoms with Crippen LogP contribution in [-0.4, -0.2) is 40.4 Å². The van der Waals surface area contributed by atoms with Gasteiger partial charge in [0.05, 0.1) is 16.4 Å². The van der Waals surface area contributed by atoms with Gasteiger partial charge in [0.15, 0.2) is 0 Å². The zero-order valence-corrected chi connectivity index (χ0v) is 14.4. The molecule has 0 spiro atoms. The van der Waals surface area contributed by atoms with Crippen molar-refractivity contribution in [1.82, 2.24) is 20.0 Å². The molecule has 1 aliphatic heterocycles. The van der Waals surface area contributed by atoms with E-state index >= 15 is 0 Å². The Morgan fingerprint density at radius 2 is 2.19 bits per heavy atom. The molecule has 1 aromatic rings. The fourth-order valence-electron chi connectivity index (χ4n) is 3.16. The monoisotopic (exact) mass is 312 g/mol. The van der Waals surface area contributed by atoms with Gasteiger partial charge in [-0.05, 0) is 45.7 Å². The van der Waals surface area contributed by atoms with E-state index in [1.54, 1.807) is 0 Å². The lowest BCUT2D eigenvalue weighted by Crippen LogP contribution is -2.38. The fourth-order valence-corrected chi connectivity index (χ4v) is 3.48. The zero-order chi connectivity index (χ0) is 15.2. The van der Waals surface area contributed by atoms with E-state index < -0.39 is 0 Å². The van der Waals surface area contributed by atoms with E-state index in [2.05, 4.69) is 40.8 Å². The highest BCUT2D eigenvalue weighted by Gasteiger charge is 2.21. The Hall–Kier alpha value is -0.580. The average molecular weight is 313 g/mol. The van der Waals surface area contributed by atoms with Crippen molar-refractivity contribution < 1.29 is 0 Å². The van der Waals surface area contributed by atoms with Gasteiger partial charge in [0.2, 0.25) is 0 Å². The number of nitrogens with one attached hydrogen (secondary N) is 1. The van der Waals surface area contributed by atoms with Gasteiger partial charge in [-0.3, -0.25) is 9.58 Å². The van der Waals surface area contributed by atoms with Crippen molar-refractivity contribution in [3.8, 4) is 0 Å². The van der Waals surface area contributed by atoms with Crippen LogP contribution in [0.3, 0.4) is 0 Å². The summed E-state index contributed by atoms with van der Waals surface area (Å²) in [7, 11) is 0. The average Bonchev–Trinajstić information content (AvgIpc) is 3.08. The van der Waals surface area contributed by atoms with Crippen LogP contribution in [0.5, 0.6) is 0 Å². The van der Waals surface area contributed by atoms with Gasteiger partial charge in [-0.25, -0.2) is 0 Å². The lowest BCUT2D eigenvalue weighted by molar-refractivity contribution is 0.235. The maximum atomic E-state index is 6.54. The molecule has 0 radical (unpaired) electrons. The molecule has 2 heterocycles. The number of hydrogen-bond donors (Lipinski definition) is 1. The molecule has 0 amide bonds. The molecular formula is C16H29ClN4. The SMILES string of the molecule is CCCN(Cc1c(Cl)c(CC)nn1CC)CC1CCCN1. The largest absolute Gasteiger partial charge is 0.313 e. The zero-order valence-electron chi connectivity index (χ0n) is 13.7. The molecular weight excluding hydrogens is 284 g/mol. The van der Waals surface area contributed by atoms with E-state index in [-0.39, 0.29) is 0 Å². The van der Waals surface area contributed by atoms with Crippen LogP contribution in [0.25, 0.3) is 0 Å². The summed E-state index contributed by atoms with van der Waals surface area (Å²) in [5, 5.41) is 9.10. The van der Waals surface area contributed by atoms with Crippen LogP contribution in [0.15, 0.2) is 0 Å². The van der Waals surface area contributed by atoms with Gasteiger partial charge >= 0.3 is 0 Å². The smallest absolute Gasteiger partial charge is 0.0863 e. The van der Waals surface area contributed by atoms with Crippen molar-refractivity contribution in [3.05, 3.63) is 16.4 Å². The molecule has 4 nitrogen and oxygen atoms in total. The molecule has 1 saturated heterocycles. The van der Waals surface area contributed by atoms with Crippen molar-refractivity contribution >= 4 is 11.6 Å². The first-order valence-electron chi connectivity index (χ1n) is 8.39. The molecule has 2 rings (SSSR count). The predicted octanol–water partition coefficient (Wildman–Crippen LogP) is 3.08. The van der Waals surface area contributed by atoms with E-state index in [4.69, 9.17) is 11.6 Å². The standard InChI is InChI=1S/C16H29ClN4/c1-4-10-20(11-13-8-7-9-18-13)12-15-16(17)14(5-2)19-21(15)6-3/h13,18H,4-12H2,1-3H3. The van der Waals surface area contributed by atoms with Crippen LogP contribution in [0, 0.1) is 0 Å². The number of hydrogen-bond acceptors (Lipinski definition) is 3. The second-order valence-electron chi connectivity index (χ2n) is 5.91. The van der Waals surface area contributed by atoms with Crippen LogP contribution in [0.1, 0.15) is 51.4 Å². The van der Waals surface area contributed by atoms with E-state index in [1.807, 2.05) is 0 Å². The molecule has 1 N–H and O–H groups in total. The molecule has 0 aromatic carbocycles. The number of nitrogens with zero attached hydrogens (tertiary/aromatic N) is 3.